The van der Waals surface area contributed by atoms with Crippen LogP contribution in [0.15, 0.2) is 0 Å². The number of carbonyl (C=O) groups excluding carboxylic acids is 2. The van der Waals surface area contributed by atoms with Crippen molar-refractivity contribution in [2.75, 3.05) is 6.54 Å². The molecule has 0 aromatic heterocycles. The summed E-state index contributed by atoms with van der Waals surface area (Å²) >= 11 is 0. The van der Waals surface area contributed by atoms with Crippen LogP contribution in [0.2, 0.25) is 0 Å². The number of carbonyl (C=O) groups is 2. The quantitative estimate of drug-likeness (QED) is 0.711. The van der Waals surface area contributed by atoms with Crippen LogP contribution >= 0.6 is 0 Å². The number of amides is 2. The number of aliphatic hydroxyl groups excluding tert-OH is 1. The first-order chi connectivity index (χ1) is 7.11. The molecule has 86 valence electrons. The molecule has 0 aromatic carbocycles. The van der Waals surface area contributed by atoms with Crippen LogP contribution in [0.4, 0.5) is 0 Å². The zero-order valence-electron chi connectivity index (χ0n) is 9.24. The fraction of sp³-hybridized carbons (Fsp3) is 0.818. The highest BCUT2D eigenvalue weighted by Gasteiger charge is 2.23. The maximum Gasteiger partial charge on any atom is 0.229 e. The van der Waals surface area contributed by atoms with E-state index in [9.17, 15) is 9.59 Å². The second-order valence-electron chi connectivity index (χ2n) is 4.14. The Morgan fingerprint density at radius 2 is 1.80 bits per heavy atom. The number of aliphatic hydroxyl groups is 1. The molecular formula is C11H19NO3. The molecule has 1 saturated heterocycles. The molecule has 1 aliphatic rings. The standard InChI is InChI=1S/C11H19NO3/c1-9(13)5-4-8-12-10(14)6-2-3-7-11(12)15/h9,13H,2-8H2,1H3. The molecule has 1 heterocycles. The Bertz CT molecular complexity index is 220. The minimum atomic E-state index is -0.359. The van der Waals surface area contributed by atoms with Crippen molar-refractivity contribution in [3.05, 3.63) is 0 Å². The SMILES string of the molecule is CC(O)CCCN1C(=O)CCCCC1=O. The average Bonchev–Trinajstić information content (AvgIpc) is 2.31. The van der Waals surface area contributed by atoms with Crippen molar-refractivity contribution < 1.29 is 14.7 Å². The first-order valence-corrected chi connectivity index (χ1v) is 5.62. The Kier molecular flexibility index (Phi) is 4.75. The third-order valence-corrected chi connectivity index (χ3v) is 2.64. The fourth-order valence-electron chi connectivity index (χ4n) is 1.76. The van der Waals surface area contributed by atoms with Gasteiger partial charge in [0, 0.05) is 19.4 Å². The zero-order valence-corrected chi connectivity index (χ0v) is 9.24. The maximum atomic E-state index is 11.5. The second kappa shape index (κ2) is 5.85. The van der Waals surface area contributed by atoms with Crippen molar-refractivity contribution in [2.45, 2.75) is 51.6 Å². The van der Waals surface area contributed by atoms with E-state index in [1.165, 1.54) is 4.90 Å². The predicted octanol–water partition coefficient (Wildman–Crippen LogP) is 1.08. The lowest BCUT2D eigenvalue weighted by atomic mass is 10.2. The molecule has 1 N–H and O–H groups in total. The number of rotatable bonds is 4. The number of nitrogens with zero attached hydrogens (tertiary/aromatic N) is 1. The van der Waals surface area contributed by atoms with Crippen molar-refractivity contribution in [2.24, 2.45) is 0 Å². The molecule has 15 heavy (non-hydrogen) atoms. The van der Waals surface area contributed by atoms with Crippen LogP contribution in [0.25, 0.3) is 0 Å². The second-order valence-corrected chi connectivity index (χ2v) is 4.14. The van der Waals surface area contributed by atoms with Gasteiger partial charge in [-0.2, -0.15) is 0 Å². The lowest BCUT2D eigenvalue weighted by Gasteiger charge is -2.18. The van der Waals surface area contributed by atoms with E-state index in [0.29, 0.717) is 32.2 Å². The molecule has 1 fully saturated rings. The van der Waals surface area contributed by atoms with Gasteiger partial charge in [-0.05, 0) is 32.6 Å². The van der Waals surface area contributed by atoms with Crippen LogP contribution in [0.5, 0.6) is 0 Å². The summed E-state index contributed by atoms with van der Waals surface area (Å²) in [6.07, 6.45) is 3.57. The van der Waals surface area contributed by atoms with Gasteiger partial charge < -0.3 is 5.11 Å². The molecule has 4 heteroatoms. The molecule has 0 bridgehead atoms. The normalized spacial score (nSPS) is 20.3. The molecule has 4 nitrogen and oxygen atoms in total. The number of hydrogen-bond donors (Lipinski definition) is 1. The van der Waals surface area contributed by atoms with Crippen LogP contribution in [-0.2, 0) is 9.59 Å². The molecule has 0 saturated carbocycles. The summed E-state index contributed by atoms with van der Waals surface area (Å²) < 4.78 is 0. The molecule has 0 aromatic rings. The summed E-state index contributed by atoms with van der Waals surface area (Å²) in [5, 5.41) is 9.08. The van der Waals surface area contributed by atoms with E-state index in [1.54, 1.807) is 6.92 Å². The monoisotopic (exact) mass is 213 g/mol. The Morgan fingerprint density at radius 3 is 2.27 bits per heavy atom. The Morgan fingerprint density at radius 1 is 1.27 bits per heavy atom. The molecule has 0 spiro atoms. The highest BCUT2D eigenvalue weighted by Crippen LogP contribution is 2.13. The Labute approximate surface area is 90.3 Å². The lowest BCUT2D eigenvalue weighted by Crippen LogP contribution is -2.36. The number of hydrogen-bond acceptors (Lipinski definition) is 3. The average molecular weight is 213 g/mol. The van der Waals surface area contributed by atoms with Crippen molar-refractivity contribution in [1.29, 1.82) is 0 Å². The molecule has 1 rings (SSSR count). The largest absolute Gasteiger partial charge is 0.393 e. The van der Waals surface area contributed by atoms with Crippen LogP contribution in [-0.4, -0.2) is 34.5 Å². The summed E-state index contributed by atoms with van der Waals surface area (Å²) in [6, 6.07) is 0. The van der Waals surface area contributed by atoms with Gasteiger partial charge in [-0.3, -0.25) is 14.5 Å². The summed E-state index contributed by atoms with van der Waals surface area (Å²) in [7, 11) is 0. The number of imide groups is 1. The third kappa shape index (κ3) is 4.00. The smallest absolute Gasteiger partial charge is 0.229 e. The highest BCUT2D eigenvalue weighted by molar-refractivity contribution is 5.95. The zero-order chi connectivity index (χ0) is 11.3. The van der Waals surface area contributed by atoms with Crippen molar-refractivity contribution in [1.82, 2.24) is 4.90 Å². The van der Waals surface area contributed by atoms with Crippen LogP contribution < -0.4 is 0 Å². The van der Waals surface area contributed by atoms with Gasteiger partial charge in [-0.25, -0.2) is 0 Å². The molecule has 1 aliphatic heterocycles. The van der Waals surface area contributed by atoms with E-state index < -0.39 is 0 Å². The van der Waals surface area contributed by atoms with E-state index in [1.807, 2.05) is 0 Å². The van der Waals surface area contributed by atoms with Gasteiger partial charge in [-0.15, -0.1) is 0 Å². The molecule has 2 amide bonds. The van der Waals surface area contributed by atoms with Crippen LogP contribution in [0.1, 0.15) is 45.4 Å². The minimum Gasteiger partial charge on any atom is -0.393 e. The van der Waals surface area contributed by atoms with Gasteiger partial charge in [0.25, 0.3) is 0 Å². The van der Waals surface area contributed by atoms with Crippen molar-refractivity contribution >= 4 is 11.8 Å². The van der Waals surface area contributed by atoms with E-state index in [2.05, 4.69) is 0 Å². The molecule has 0 aliphatic carbocycles. The number of likely N-dealkylation sites (tertiary alicyclic amines) is 1. The fourth-order valence-corrected chi connectivity index (χ4v) is 1.76. The van der Waals surface area contributed by atoms with E-state index in [-0.39, 0.29) is 17.9 Å². The molecule has 1 atom stereocenters. The van der Waals surface area contributed by atoms with Crippen molar-refractivity contribution in [3.8, 4) is 0 Å². The first-order valence-electron chi connectivity index (χ1n) is 5.62. The Balaban J connectivity index is 2.41. The van der Waals surface area contributed by atoms with E-state index in [4.69, 9.17) is 5.11 Å². The van der Waals surface area contributed by atoms with Crippen LogP contribution in [0.3, 0.4) is 0 Å². The highest BCUT2D eigenvalue weighted by atomic mass is 16.3. The summed E-state index contributed by atoms with van der Waals surface area (Å²) in [5.41, 5.74) is 0. The topological polar surface area (TPSA) is 57.6 Å². The van der Waals surface area contributed by atoms with Gasteiger partial charge in [-0.1, -0.05) is 0 Å². The van der Waals surface area contributed by atoms with Gasteiger partial charge in [0.2, 0.25) is 11.8 Å². The Hall–Kier alpha value is -0.900. The van der Waals surface area contributed by atoms with Gasteiger partial charge in [0.1, 0.15) is 0 Å². The van der Waals surface area contributed by atoms with Gasteiger partial charge in [0.05, 0.1) is 6.10 Å². The van der Waals surface area contributed by atoms with Crippen LogP contribution in [0, 0.1) is 0 Å². The first kappa shape index (κ1) is 12.2. The van der Waals surface area contributed by atoms with Gasteiger partial charge in [0.15, 0.2) is 0 Å². The summed E-state index contributed by atoms with van der Waals surface area (Å²) in [4.78, 5) is 24.4. The van der Waals surface area contributed by atoms with Gasteiger partial charge >= 0.3 is 0 Å². The molecule has 0 radical (unpaired) electrons. The van der Waals surface area contributed by atoms with E-state index in [0.717, 1.165) is 12.8 Å². The molecular weight excluding hydrogens is 194 g/mol. The summed E-state index contributed by atoms with van der Waals surface area (Å²) in [6.45, 7) is 2.18. The lowest BCUT2D eigenvalue weighted by molar-refractivity contribution is -0.143. The summed E-state index contributed by atoms with van der Waals surface area (Å²) in [5.74, 6) is -0.105. The molecule has 1 unspecified atom stereocenters. The third-order valence-electron chi connectivity index (χ3n) is 2.64. The minimum absolute atomic E-state index is 0.0527. The van der Waals surface area contributed by atoms with E-state index >= 15 is 0 Å². The van der Waals surface area contributed by atoms with Crippen molar-refractivity contribution in [3.63, 3.8) is 0 Å². The maximum absolute atomic E-state index is 11.5. The predicted molar refractivity (Wildman–Crippen MR) is 56.1 cm³/mol.